The van der Waals surface area contributed by atoms with E-state index >= 15 is 0 Å². The topological polar surface area (TPSA) is 79.0 Å². The number of thioether (sulfide) groups is 1. The largest absolute Gasteiger partial charge is 0.324 e. The van der Waals surface area contributed by atoms with Crippen LogP contribution in [0.3, 0.4) is 0 Å². The van der Waals surface area contributed by atoms with Crippen LogP contribution in [0.25, 0.3) is 0 Å². The Bertz CT molecular complexity index is 967. The SMILES string of the molecule is Cc1nn(CC(=O)N2CCS[C@H]2c2ccccc2F)c(=O)c(C#N)c1C. The first-order valence-corrected chi connectivity index (χ1v) is 9.13. The van der Waals surface area contributed by atoms with E-state index in [9.17, 15) is 19.2 Å². The minimum Gasteiger partial charge on any atom is -0.324 e. The first-order chi connectivity index (χ1) is 12.4. The Hall–Kier alpha value is -2.66. The fourth-order valence-electron chi connectivity index (χ4n) is 2.89. The molecule has 1 atom stereocenters. The molecule has 0 radical (unpaired) electrons. The van der Waals surface area contributed by atoms with Crippen molar-refractivity contribution >= 4 is 17.7 Å². The Balaban J connectivity index is 1.89. The first kappa shape index (κ1) is 18.1. The van der Waals surface area contributed by atoms with E-state index in [-0.39, 0.29) is 23.8 Å². The molecule has 1 amide bonds. The third-order valence-corrected chi connectivity index (χ3v) is 5.66. The number of carbonyl (C=O) groups excluding carboxylic acids is 1. The quantitative estimate of drug-likeness (QED) is 0.825. The van der Waals surface area contributed by atoms with E-state index < -0.39 is 10.9 Å². The number of hydrogen-bond donors (Lipinski definition) is 0. The van der Waals surface area contributed by atoms with Gasteiger partial charge in [0.2, 0.25) is 5.91 Å². The summed E-state index contributed by atoms with van der Waals surface area (Å²) in [4.78, 5) is 26.7. The van der Waals surface area contributed by atoms with Gasteiger partial charge in [0.15, 0.2) is 0 Å². The van der Waals surface area contributed by atoms with Gasteiger partial charge in [-0.15, -0.1) is 11.8 Å². The normalized spacial score (nSPS) is 16.5. The van der Waals surface area contributed by atoms with Gasteiger partial charge in [-0.05, 0) is 25.5 Å². The van der Waals surface area contributed by atoms with Crippen molar-refractivity contribution in [3.63, 3.8) is 0 Å². The summed E-state index contributed by atoms with van der Waals surface area (Å²) in [5.41, 5.74) is 0.893. The molecule has 0 spiro atoms. The van der Waals surface area contributed by atoms with Crippen LogP contribution in [0.15, 0.2) is 29.1 Å². The lowest BCUT2D eigenvalue weighted by atomic mass is 10.1. The molecule has 0 unspecified atom stereocenters. The van der Waals surface area contributed by atoms with Gasteiger partial charge in [0.05, 0.1) is 5.69 Å². The number of nitrogens with zero attached hydrogens (tertiary/aromatic N) is 4. The van der Waals surface area contributed by atoms with Crippen LogP contribution >= 0.6 is 11.8 Å². The maximum absolute atomic E-state index is 14.1. The summed E-state index contributed by atoms with van der Waals surface area (Å²) in [5.74, 6) is -0.00776. The van der Waals surface area contributed by atoms with Crippen molar-refractivity contribution < 1.29 is 9.18 Å². The number of hydrogen-bond acceptors (Lipinski definition) is 5. The number of nitriles is 1. The summed E-state index contributed by atoms with van der Waals surface area (Å²) in [6, 6.07) is 8.24. The molecule has 0 bridgehead atoms. The summed E-state index contributed by atoms with van der Waals surface area (Å²) < 4.78 is 15.1. The van der Waals surface area contributed by atoms with E-state index in [4.69, 9.17) is 0 Å². The van der Waals surface area contributed by atoms with Crippen LogP contribution < -0.4 is 5.56 Å². The van der Waals surface area contributed by atoms with E-state index in [0.717, 1.165) is 4.68 Å². The van der Waals surface area contributed by atoms with Crippen LogP contribution in [-0.4, -0.2) is 32.9 Å². The molecule has 1 aliphatic heterocycles. The molecule has 1 saturated heterocycles. The molecule has 0 aliphatic carbocycles. The van der Waals surface area contributed by atoms with Gasteiger partial charge in [-0.1, -0.05) is 18.2 Å². The molecule has 26 heavy (non-hydrogen) atoms. The van der Waals surface area contributed by atoms with Crippen molar-refractivity contribution in [3.8, 4) is 6.07 Å². The number of aromatic nitrogens is 2. The lowest BCUT2D eigenvalue weighted by Gasteiger charge is -2.24. The lowest BCUT2D eigenvalue weighted by molar-refractivity contribution is -0.132. The van der Waals surface area contributed by atoms with Gasteiger partial charge < -0.3 is 4.90 Å². The van der Waals surface area contributed by atoms with Crippen molar-refractivity contribution in [2.75, 3.05) is 12.3 Å². The van der Waals surface area contributed by atoms with Crippen LogP contribution in [0, 0.1) is 31.0 Å². The second-order valence-corrected chi connectivity index (χ2v) is 7.18. The Labute approximate surface area is 154 Å². The van der Waals surface area contributed by atoms with Crippen LogP contribution in [0.1, 0.15) is 27.8 Å². The monoisotopic (exact) mass is 372 g/mol. The summed E-state index contributed by atoms with van der Waals surface area (Å²) in [6.07, 6.45) is 0. The Morgan fingerprint density at radius 2 is 2.15 bits per heavy atom. The van der Waals surface area contributed by atoms with Gasteiger partial charge in [-0.2, -0.15) is 10.4 Å². The maximum Gasteiger partial charge on any atom is 0.285 e. The van der Waals surface area contributed by atoms with E-state index in [1.165, 1.54) is 17.8 Å². The second kappa shape index (κ2) is 7.30. The number of halogens is 1. The van der Waals surface area contributed by atoms with E-state index in [1.54, 1.807) is 36.9 Å². The molecule has 6 nitrogen and oxygen atoms in total. The molecule has 2 aromatic rings. The number of rotatable bonds is 3. The number of benzene rings is 1. The molecular formula is C18H17FN4O2S. The first-order valence-electron chi connectivity index (χ1n) is 8.08. The summed E-state index contributed by atoms with van der Waals surface area (Å²) in [6.45, 7) is 3.53. The number of aryl methyl sites for hydroxylation is 1. The molecule has 8 heteroatoms. The van der Waals surface area contributed by atoms with Gasteiger partial charge >= 0.3 is 0 Å². The van der Waals surface area contributed by atoms with Crippen molar-refractivity contribution in [2.24, 2.45) is 0 Å². The summed E-state index contributed by atoms with van der Waals surface area (Å²) in [7, 11) is 0. The average Bonchev–Trinajstić information content (AvgIpc) is 3.10. The number of carbonyl (C=O) groups is 1. The third-order valence-electron chi connectivity index (χ3n) is 4.42. The van der Waals surface area contributed by atoms with E-state index in [1.807, 2.05) is 6.07 Å². The smallest absolute Gasteiger partial charge is 0.285 e. The molecule has 0 N–H and O–H groups in total. The Kier molecular flexibility index (Phi) is 5.09. The van der Waals surface area contributed by atoms with E-state index in [2.05, 4.69) is 5.10 Å². The van der Waals surface area contributed by atoms with Crippen molar-refractivity contribution in [2.45, 2.75) is 25.8 Å². The Morgan fingerprint density at radius 3 is 2.85 bits per heavy atom. The van der Waals surface area contributed by atoms with Crippen LogP contribution in [0.2, 0.25) is 0 Å². The van der Waals surface area contributed by atoms with Crippen molar-refractivity contribution in [1.82, 2.24) is 14.7 Å². The lowest BCUT2D eigenvalue weighted by Crippen LogP contribution is -2.38. The fourth-order valence-corrected chi connectivity index (χ4v) is 4.19. The highest BCUT2D eigenvalue weighted by molar-refractivity contribution is 7.99. The van der Waals surface area contributed by atoms with Gasteiger partial charge in [-0.3, -0.25) is 9.59 Å². The van der Waals surface area contributed by atoms with Crippen LogP contribution in [-0.2, 0) is 11.3 Å². The standard InChI is InChI=1S/C18H17FN4O2S/c1-11-12(2)21-23(17(25)14(11)9-20)10-16(24)22-7-8-26-18(22)13-5-3-4-6-15(13)19/h3-6,18H,7-8,10H2,1-2H3/t18-/m0/s1. The molecule has 2 heterocycles. The van der Waals surface area contributed by atoms with Gasteiger partial charge in [-0.25, -0.2) is 9.07 Å². The zero-order chi connectivity index (χ0) is 18.8. The predicted octanol–water partition coefficient (Wildman–Crippen LogP) is 2.15. The highest BCUT2D eigenvalue weighted by Crippen LogP contribution is 2.38. The second-order valence-electron chi connectivity index (χ2n) is 5.99. The highest BCUT2D eigenvalue weighted by atomic mass is 32.2. The molecule has 1 aromatic carbocycles. The average molecular weight is 372 g/mol. The minimum absolute atomic E-state index is 0.00764. The fraction of sp³-hybridized carbons (Fsp3) is 0.333. The molecule has 1 aliphatic rings. The van der Waals surface area contributed by atoms with Gasteiger partial charge in [0.1, 0.15) is 29.4 Å². The molecular weight excluding hydrogens is 355 g/mol. The van der Waals surface area contributed by atoms with E-state index in [0.29, 0.717) is 29.1 Å². The van der Waals surface area contributed by atoms with Crippen LogP contribution in [0.4, 0.5) is 4.39 Å². The predicted molar refractivity (Wildman–Crippen MR) is 96.0 cm³/mol. The number of amides is 1. The third kappa shape index (κ3) is 3.22. The zero-order valence-corrected chi connectivity index (χ0v) is 15.2. The van der Waals surface area contributed by atoms with Gasteiger partial charge in [0, 0.05) is 17.9 Å². The molecule has 134 valence electrons. The molecule has 3 rings (SSSR count). The van der Waals surface area contributed by atoms with Crippen molar-refractivity contribution in [3.05, 3.63) is 62.8 Å². The van der Waals surface area contributed by atoms with Crippen LogP contribution in [0.5, 0.6) is 0 Å². The highest BCUT2D eigenvalue weighted by Gasteiger charge is 2.32. The van der Waals surface area contributed by atoms with Crippen molar-refractivity contribution in [1.29, 1.82) is 5.26 Å². The molecule has 1 fully saturated rings. The Morgan fingerprint density at radius 1 is 1.42 bits per heavy atom. The maximum atomic E-state index is 14.1. The zero-order valence-electron chi connectivity index (χ0n) is 14.4. The summed E-state index contributed by atoms with van der Waals surface area (Å²) in [5, 5.41) is 12.9. The van der Waals surface area contributed by atoms with Gasteiger partial charge in [0.25, 0.3) is 5.56 Å². The summed E-state index contributed by atoms with van der Waals surface area (Å²) >= 11 is 1.48. The molecule has 1 aromatic heterocycles. The minimum atomic E-state index is -0.585. The molecule has 0 saturated carbocycles.